The number of carboxylic acids is 1. The molecule has 1 saturated heterocycles. The molecule has 1 aliphatic rings. The average molecular weight is 316 g/mol. The van der Waals surface area contributed by atoms with Crippen LogP contribution in [-0.2, 0) is 11.3 Å². The fraction of sp³-hybridized carbons (Fsp3) is 0.462. The Morgan fingerprint density at radius 2 is 2.33 bits per heavy atom. The van der Waals surface area contributed by atoms with Gasteiger partial charge in [0.25, 0.3) is 0 Å². The van der Waals surface area contributed by atoms with Crippen LogP contribution < -0.4 is 0 Å². The normalized spacial score (nSPS) is 24.4. The second-order valence-corrected chi connectivity index (χ2v) is 5.93. The highest BCUT2D eigenvalue weighted by Gasteiger charge is 2.40. The summed E-state index contributed by atoms with van der Waals surface area (Å²) >= 11 is 3.15. The van der Waals surface area contributed by atoms with Crippen LogP contribution in [0.4, 0.5) is 4.39 Å². The lowest BCUT2D eigenvalue weighted by Crippen LogP contribution is -2.31. The van der Waals surface area contributed by atoms with Crippen LogP contribution in [-0.4, -0.2) is 29.1 Å². The van der Waals surface area contributed by atoms with Crippen LogP contribution in [0.1, 0.15) is 18.9 Å². The Bertz CT molecular complexity index is 480. The SMILES string of the molecule is CC1(C(=O)O)CCN(Cc2ccc(F)c(Br)c2)C1. The second kappa shape index (κ2) is 4.97. The summed E-state index contributed by atoms with van der Waals surface area (Å²) in [6.07, 6.45) is 0.657. The van der Waals surface area contributed by atoms with Gasteiger partial charge in [-0.15, -0.1) is 0 Å². The molecule has 18 heavy (non-hydrogen) atoms. The largest absolute Gasteiger partial charge is 0.481 e. The third kappa shape index (κ3) is 2.72. The van der Waals surface area contributed by atoms with Gasteiger partial charge < -0.3 is 5.11 Å². The second-order valence-electron chi connectivity index (χ2n) is 5.07. The Morgan fingerprint density at radius 1 is 1.61 bits per heavy atom. The predicted octanol–water partition coefficient (Wildman–Crippen LogP) is 2.88. The summed E-state index contributed by atoms with van der Waals surface area (Å²) in [5, 5.41) is 9.15. The van der Waals surface area contributed by atoms with Gasteiger partial charge in [-0.2, -0.15) is 0 Å². The van der Waals surface area contributed by atoms with Crippen LogP contribution >= 0.6 is 15.9 Å². The maximum Gasteiger partial charge on any atom is 0.310 e. The molecule has 1 atom stereocenters. The van der Waals surface area contributed by atoms with Crippen molar-refractivity contribution in [2.45, 2.75) is 19.9 Å². The van der Waals surface area contributed by atoms with Crippen molar-refractivity contribution in [1.29, 1.82) is 0 Å². The van der Waals surface area contributed by atoms with Gasteiger partial charge in [-0.3, -0.25) is 9.69 Å². The number of likely N-dealkylation sites (tertiary alicyclic amines) is 1. The van der Waals surface area contributed by atoms with Gasteiger partial charge in [0.05, 0.1) is 9.89 Å². The van der Waals surface area contributed by atoms with Crippen LogP contribution in [0.2, 0.25) is 0 Å². The number of aliphatic carboxylic acids is 1. The van der Waals surface area contributed by atoms with Crippen molar-refractivity contribution in [3.05, 3.63) is 34.1 Å². The number of hydrogen-bond donors (Lipinski definition) is 1. The van der Waals surface area contributed by atoms with Crippen molar-refractivity contribution >= 4 is 21.9 Å². The molecule has 1 aromatic carbocycles. The predicted molar refractivity (Wildman–Crippen MR) is 69.7 cm³/mol. The number of carboxylic acid groups (broad SMARTS) is 1. The molecule has 3 nitrogen and oxygen atoms in total. The van der Waals surface area contributed by atoms with E-state index in [4.69, 9.17) is 5.11 Å². The first-order valence-corrected chi connectivity index (χ1v) is 6.60. The van der Waals surface area contributed by atoms with Gasteiger partial charge in [-0.25, -0.2) is 4.39 Å². The Kier molecular flexibility index (Phi) is 3.73. The van der Waals surface area contributed by atoms with Crippen LogP contribution in [0.3, 0.4) is 0 Å². The topological polar surface area (TPSA) is 40.5 Å². The van der Waals surface area contributed by atoms with Gasteiger partial charge in [0.15, 0.2) is 0 Å². The van der Waals surface area contributed by atoms with Crippen molar-refractivity contribution in [2.75, 3.05) is 13.1 Å². The first-order valence-electron chi connectivity index (χ1n) is 5.80. The van der Waals surface area contributed by atoms with Crippen molar-refractivity contribution < 1.29 is 14.3 Å². The standard InChI is InChI=1S/C13H15BrFNO2/c1-13(12(17)18)4-5-16(8-13)7-9-2-3-11(15)10(14)6-9/h2-3,6H,4-5,7-8H2,1H3,(H,17,18). The summed E-state index contributed by atoms with van der Waals surface area (Å²) in [6, 6.07) is 4.90. The number of nitrogens with zero attached hydrogens (tertiary/aromatic N) is 1. The lowest BCUT2D eigenvalue weighted by molar-refractivity contribution is -0.147. The molecule has 0 radical (unpaired) electrons. The Morgan fingerprint density at radius 3 is 2.89 bits per heavy atom. The van der Waals surface area contributed by atoms with Gasteiger partial charge in [0.1, 0.15) is 5.82 Å². The average Bonchev–Trinajstić information content (AvgIpc) is 2.67. The maximum atomic E-state index is 13.1. The number of carbonyl (C=O) groups is 1. The molecule has 0 spiro atoms. The molecule has 0 saturated carbocycles. The minimum atomic E-state index is -0.745. The van der Waals surface area contributed by atoms with E-state index in [0.29, 0.717) is 24.0 Å². The molecule has 0 bridgehead atoms. The van der Waals surface area contributed by atoms with Crippen LogP contribution in [0, 0.1) is 11.2 Å². The molecule has 0 amide bonds. The number of benzene rings is 1. The zero-order valence-corrected chi connectivity index (χ0v) is 11.7. The highest BCUT2D eigenvalue weighted by molar-refractivity contribution is 9.10. The zero-order valence-electron chi connectivity index (χ0n) is 10.1. The van der Waals surface area contributed by atoms with E-state index in [1.807, 2.05) is 0 Å². The Hall–Kier alpha value is -0.940. The van der Waals surface area contributed by atoms with Crippen LogP contribution in [0.25, 0.3) is 0 Å². The zero-order chi connectivity index (χ0) is 13.3. The third-order valence-electron chi connectivity index (χ3n) is 3.46. The van der Waals surface area contributed by atoms with E-state index in [1.165, 1.54) is 6.07 Å². The molecule has 1 aromatic rings. The lowest BCUT2D eigenvalue weighted by atomic mass is 9.90. The van der Waals surface area contributed by atoms with Gasteiger partial charge in [-0.05, 0) is 53.5 Å². The van der Waals surface area contributed by atoms with Crippen molar-refractivity contribution in [3.8, 4) is 0 Å². The van der Waals surface area contributed by atoms with E-state index in [2.05, 4.69) is 20.8 Å². The highest BCUT2D eigenvalue weighted by Crippen LogP contribution is 2.31. The van der Waals surface area contributed by atoms with E-state index >= 15 is 0 Å². The Balaban J connectivity index is 2.03. The molecule has 0 aromatic heterocycles. The van der Waals surface area contributed by atoms with E-state index < -0.39 is 11.4 Å². The van der Waals surface area contributed by atoms with Gasteiger partial charge in [0, 0.05) is 13.1 Å². The van der Waals surface area contributed by atoms with Gasteiger partial charge in [-0.1, -0.05) is 6.07 Å². The van der Waals surface area contributed by atoms with E-state index in [9.17, 15) is 9.18 Å². The molecular weight excluding hydrogens is 301 g/mol. The fourth-order valence-electron chi connectivity index (χ4n) is 2.26. The summed E-state index contributed by atoms with van der Waals surface area (Å²) in [7, 11) is 0. The van der Waals surface area contributed by atoms with Gasteiger partial charge in [0.2, 0.25) is 0 Å². The molecule has 1 aliphatic heterocycles. The molecule has 1 heterocycles. The number of hydrogen-bond acceptors (Lipinski definition) is 2. The summed E-state index contributed by atoms with van der Waals surface area (Å²) in [6.45, 7) is 3.73. The lowest BCUT2D eigenvalue weighted by Gasteiger charge is -2.20. The van der Waals surface area contributed by atoms with Crippen molar-refractivity contribution in [3.63, 3.8) is 0 Å². The van der Waals surface area contributed by atoms with E-state index in [1.54, 1.807) is 19.1 Å². The molecule has 1 N–H and O–H groups in total. The first-order chi connectivity index (χ1) is 8.40. The molecule has 1 unspecified atom stereocenters. The van der Waals surface area contributed by atoms with E-state index in [0.717, 1.165) is 12.1 Å². The Labute approximate surface area is 114 Å². The molecule has 0 aliphatic carbocycles. The fourth-order valence-corrected chi connectivity index (χ4v) is 2.69. The summed E-state index contributed by atoms with van der Waals surface area (Å²) in [4.78, 5) is 13.2. The smallest absolute Gasteiger partial charge is 0.310 e. The molecule has 1 fully saturated rings. The molecule has 5 heteroatoms. The quantitative estimate of drug-likeness (QED) is 0.932. The maximum absolute atomic E-state index is 13.1. The monoisotopic (exact) mass is 315 g/mol. The van der Waals surface area contributed by atoms with Crippen LogP contribution in [0.15, 0.2) is 22.7 Å². The molecular formula is C13H15BrFNO2. The van der Waals surface area contributed by atoms with Crippen molar-refractivity contribution in [2.24, 2.45) is 5.41 Å². The van der Waals surface area contributed by atoms with Crippen LogP contribution in [0.5, 0.6) is 0 Å². The number of halogens is 2. The summed E-state index contributed by atoms with van der Waals surface area (Å²) < 4.78 is 13.5. The summed E-state index contributed by atoms with van der Waals surface area (Å²) in [5.41, 5.74) is 0.329. The number of rotatable bonds is 3. The summed E-state index contributed by atoms with van der Waals surface area (Å²) in [5.74, 6) is -1.03. The minimum absolute atomic E-state index is 0.282. The molecule has 98 valence electrons. The first kappa shape index (κ1) is 13.5. The van der Waals surface area contributed by atoms with Gasteiger partial charge >= 0.3 is 5.97 Å². The highest BCUT2D eigenvalue weighted by atomic mass is 79.9. The van der Waals surface area contributed by atoms with E-state index in [-0.39, 0.29) is 5.82 Å². The third-order valence-corrected chi connectivity index (χ3v) is 4.07. The van der Waals surface area contributed by atoms with Crippen molar-refractivity contribution in [1.82, 2.24) is 4.90 Å². The molecule has 2 rings (SSSR count). The minimum Gasteiger partial charge on any atom is -0.481 e.